The lowest BCUT2D eigenvalue weighted by atomic mass is 10.1. The summed E-state index contributed by atoms with van der Waals surface area (Å²) in [5, 5.41) is 1.19. The van der Waals surface area contributed by atoms with Crippen LogP contribution in [0.3, 0.4) is 0 Å². The molecule has 0 aliphatic heterocycles. The summed E-state index contributed by atoms with van der Waals surface area (Å²) in [6.45, 7) is 4.26. The zero-order chi connectivity index (χ0) is 9.80. The van der Waals surface area contributed by atoms with E-state index in [2.05, 4.69) is 34.9 Å². The van der Waals surface area contributed by atoms with Gasteiger partial charge < -0.3 is 4.99 Å². The summed E-state index contributed by atoms with van der Waals surface area (Å²) < 4.78 is 0. The van der Waals surface area contributed by atoms with E-state index in [-0.39, 0.29) is 0 Å². The minimum absolute atomic E-state index is 0.784. The van der Waals surface area contributed by atoms with Crippen molar-refractivity contribution in [3.8, 4) is 0 Å². The molecule has 0 unspecified atom stereocenters. The van der Waals surface area contributed by atoms with E-state index < -0.39 is 0 Å². The van der Waals surface area contributed by atoms with Crippen LogP contribution < -0.4 is 0 Å². The molecule has 0 saturated heterocycles. The van der Waals surface area contributed by atoms with Gasteiger partial charge >= 0.3 is 0 Å². The number of aromatic nitrogens is 1. The lowest BCUT2D eigenvalue weighted by Gasteiger charge is -2.00. The molecule has 0 aliphatic rings. The third-order valence-corrected chi connectivity index (χ3v) is 2.23. The van der Waals surface area contributed by atoms with Crippen LogP contribution in [-0.2, 0) is 6.42 Å². The Morgan fingerprint density at radius 1 is 1.29 bits per heavy atom. The molecule has 2 nitrogen and oxygen atoms in total. The zero-order valence-electron chi connectivity index (χ0n) is 7.98. The second-order valence-corrected chi connectivity index (χ2v) is 3.23. The predicted octanol–water partition coefficient (Wildman–Crippen LogP) is 2.48. The van der Waals surface area contributed by atoms with E-state index in [0.717, 1.165) is 18.5 Å². The van der Waals surface area contributed by atoms with Crippen LogP contribution in [0.25, 0.3) is 10.9 Å². The van der Waals surface area contributed by atoms with Gasteiger partial charge in [0.05, 0.1) is 5.52 Å². The quantitative estimate of drug-likeness (QED) is 0.673. The lowest BCUT2D eigenvalue weighted by molar-refractivity contribution is 0.979. The van der Waals surface area contributed by atoms with Crippen LogP contribution in [0.1, 0.15) is 5.56 Å². The summed E-state index contributed by atoms with van der Waals surface area (Å²) in [5.74, 6) is 0. The SMILES string of the molecule is C=NCCc1ccc2ncccc2c1. The highest BCUT2D eigenvalue weighted by Crippen LogP contribution is 2.13. The molecule has 2 rings (SSSR count). The van der Waals surface area contributed by atoms with Gasteiger partial charge in [-0.25, -0.2) is 0 Å². The Bertz CT molecular complexity index is 449. The first-order valence-corrected chi connectivity index (χ1v) is 4.66. The fourth-order valence-corrected chi connectivity index (χ4v) is 1.49. The van der Waals surface area contributed by atoms with Crippen molar-refractivity contribution in [1.82, 2.24) is 4.98 Å². The molecule has 0 aliphatic carbocycles. The average Bonchev–Trinajstić information content (AvgIpc) is 2.26. The minimum Gasteiger partial charge on any atom is -0.301 e. The molecule has 2 aromatic rings. The molecule has 0 radical (unpaired) electrons. The first-order valence-electron chi connectivity index (χ1n) is 4.66. The maximum Gasteiger partial charge on any atom is 0.0702 e. The first kappa shape index (κ1) is 8.88. The molecule has 0 N–H and O–H groups in total. The summed E-state index contributed by atoms with van der Waals surface area (Å²) in [4.78, 5) is 8.11. The largest absolute Gasteiger partial charge is 0.301 e. The molecular weight excluding hydrogens is 172 g/mol. The Balaban J connectivity index is 2.36. The van der Waals surface area contributed by atoms with Crippen LogP contribution in [0, 0.1) is 0 Å². The smallest absolute Gasteiger partial charge is 0.0702 e. The highest BCUT2D eigenvalue weighted by molar-refractivity contribution is 5.78. The van der Waals surface area contributed by atoms with Gasteiger partial charge in [0.15, 0.2) is 0 Å². The monoisotopic (exact) mass is 184 g/mol. The van der Waals surface area contributed by atoms with Crippen LogP contribution in [0.2, 0.25) is 0 Å². The van der Waals surface area contributed by atoms with Crippen molar-refractivity contribution in [3.05, 3.63) is 42.1 Å². The van der Waals surface area contributed by atoms with Gasteiger partial charge in [0.2, 0.25) is 0 Å². The number of rotatable bonds is 3. The normalized spacial score (nSPS) is 10.3. The van der Waals surface area contributed by atoms with Gasteiger partial charge in [-0.15, -0.1) is 0 Å². The molecule has 0 saturated carbocycles. The highest BCUT2D eigenvalue weighted by atomic mass is 14.7. The summed E-state index contributed by atoms with van der Waals surface area (Å²) in [5.41, 5.74) is 2.33. The molecule has 14 heavy (non-hydrogen) atoms. The van der Waals surface area contributed by atoms with Crippen LogP contribution in [0.5, 0.6) is 0 Å². The van der Waals surface area contributed by atoms with E-state index in [1.54, 1.807) is 0 Å². The predicted molar refractivity (Wildman–Crippen MR) is 59.9 cm³/mol. The molecule has 0 amide bonds. The Morgan fingerprint density at radius 3 is 3.07 bits per heavy atom. The van der Waals surface area contributed by atoms with E-state index in [1.807, 2.05) is 18.3 Å². The Hall–Kier alpha value is -1.70. The van der Waals surface area contributed by atoms with Crippen molar-refractivity contribution in [3.63, 3.8) is 0 Å². The van der Waals surface area contributed by atoms with Gasteiger partial charge in [0.25, 0.3) is 0 Å². The van der Waals surface area contributed by atoms with Gasteiger partial charge in [0.1, 0.15) is 0 Å². The standard InChI is InChI=1S/C12H12N2/c1-13-8-6-10-4-5-12-11(9-10)3-2-7-14-12/h2-5,7,9H,1,6,8H2. The number of nitrogens with zero attached hydrogens (tertiary/aromatic N) is 2. The summed E-state index contributed by atoms with van der Waals surface area (Å²) in [6.07, 6.45) is 2.77. The number of benzene rings is 1. The molecule has 0 bridgehead atoms. The molecular formula is C12H12N2. The maximum atomic E-state index is 4.27. The van der Waals surface area contributed by atoms with Crippen molar-refractivity contribution in [2.45, 2.75) is 6.42 Å². The minimum atomic E-state index is 0.784. The number of hydrogen-bond acceptors (Lipinski definition) is 2. The van der Waals surface area contributed by atoms with E-state index in [1.165, 1.54) is 10.9 Å². The van der Waals surface area contributed by atoms with Gasteiger partial charge in [0, 0.05) is 18.1 Å². The fraction of sp³-hybridized carbons (Fsp3) is 0.167. The molecule has 2 heteroatoms. The maximum absolute atomic E-state index is 4.27. The van der Waals surface area contributed by atoms with Crippen molar-refractivity contribution in [2.24, 2.45) is 4.99 Å². The van der Waals surface area contributed by atoms with Crippen LogP contribution in [0.4, 0.5) is 0 Å². The second-order valence-electron chi connectivity index (χ2n) is 3.23. The Labute approximate surface area is 83.3 Å². The van der Waals surface area contributed by atoms with E-state index >= 15 is 0 Å². The first-order chi connectivity index (χ1) is 6.90. The van der Waals surface area contributed by atoms with Gasteiger partial charge in [-0.3, -0.25) is 4.98 Å². The summed E-state index contributed by atoms with van der Waals surface area (Å²) in [6, 6.07) is 10.3. The van der Waals surface area contributed by atoms with Crippen molar-refractivity contribution < 1.29 is 0 Å². The molecule has 1 aromatic carbocycles. The molecule has 0 atom stereocenters. The number of hydrogen-bond donors (Lipinski definition) is 0. The number of aliphatic imine (C=N–C) groups is 1. The summed E-state index contributed by atoms with van der Waals surface area (Å²) in [7, 11) is 0. The van der Waals surface area contributed by atoms with Crippen molar-refractivity contribution >= 4 is 17.6 Å². The van der Waals surface area contributed by atoms with Gasteiger partial charge in [-0.05, 0) is 36.9 Å². The van der Waals surface area contributed by atoms with Crippen molar-refractivity contribution in [2.75, 3.05) is 6.54 Å². The Morgan fingerprint density at radius 2 is 2.21 bits per heavy atom. The topological polar surface area (TPSA) is 25.2 Å². The van der Waals surface area contributed by atoms with Gasteiger partial charge in [-0.2, -0.15) is 0 Å². The molecule has 0 spiro atoms. The van der Waals surface area contributed by atoms with Gasteiger partial charge in [-0.1, -0.05) is 12.1 Å². The zero-order valence-corrected chi connectivity index (χ0v) is 7.98. The molecule has 1 aromatic heterocycles. The number of pyridine rings is 1. The number of fused-ring (bicyclic) bond motifs is 1. The van der Waals surface area contributed by atoms with E-state index in [0.29, 0.717) is 0 Å². The molecule has 0 fully saturated rings. The van der Waals surface area contributed by atoms with Crippen LogP contribution in [0.15, 0.2) is 41.5 Å². The molecule has 70 valence electrons. The molecule has 1 heterocycles. The third kappa shape index (κ3) is 1.79. The third-order valence-electron chi connectivity index (χ3n) is 2.23. The summed E-state index contributed by atoms with van der Waals surface area (Å²) >= 11 is 0. The average molecular weight is 184 g/mol. The highest BCUT2D eigenvalue weighted by Gasteiger charge is 1.95. The van der Waals surface area contributed by atoms with Crippen LogP contribution in [-0.4, -0.2) is 18.2 Å². The van der Waals surface area contributed by atoms with E-state index in [9.17, 15) is 0 Å². The van der Waals surface area contributed by atoms with Crippen molar-refractivity contribution in [1.29, 1.82) is 0 Å². The Kier molecular flexibility index (Phi) is 2.54. The fourth-order valence-electron chi connectivity index (χ4n) is 1.49. The lowest BCUT2D eigenvalue weighted by Crippen LogP contribution is -1.89. The van der Waals surface area contributed by atoms with Crippen LogP contribution >= 0.6 is 0 Å². The van der Waals surface area contributed by atoms with E-state index in [4.69, 9.17) is 0 Å². The second kappa shape index (κ2) is 4.01.